The monoisotopic (exact) mass is 324 g/mol. The van der Waals surface area contributed by atoms with Crippen LogP contribution in [0.1, 0.15) is 38.2 Å². The van der Waals surface area contributed by atoms with Gasteiger partial charge in [0.1, 0.15) is 0 Å². The molecule has 2 rings (SSSR count). The van der Waals surface area contributed by atoms with E-state index in [1.54, 1.807) is 0 Å². The molecule has 0 atom stereocenters. The molecule has 0 aromatic heterocycles. The number of nitrogens with two attached hydrogens (primary N) is 1. The summed E-state index contributed by atoms with van der Waals surface area (Å²) in [6, 6.07) is 3.76. The number of hydrogen-bond donors (Lipinski definition) is 2. The van der Waals surface area contributed by atoms with Crippen LogP contribution in [0.3, 0.4) is 0 Å². The molecular formula is C15H21BrN2O. The van der Waals surface area contributed by atoms with Crippen LogP contribution in [0.4, 0.5) is 11.4 Å². The lowest BCUT2D eigenvalue weighted by molar-refractivity contribution is -0.121. The van der Waals surface area contributed by atoms with Crippen LogP contribution in [0.5, 0.6) is 0 Å². The summed E-state index contributed by atoms with van der Waals surface area (Å²) in [5, 5.41) is 3.00. The van der Waals surface area contributed by atoms with E-state index in [-0.39, 0.29) is 11.8 Å². The third-order valence-corrected chi connectivity index (χ3v) is 4.66. The summed E-state index contributed by atoms with van der Waals surface area (Å²) in [5.41, 5.74) is 8.37. The fraction of sp³-hybridized carbons (Fsp3) is 0.533. The van der Waals surface area contributed by atoms with Crippen LogP contribution in [0.15, 0.2) is 16.6 Å². The Morgan fingerprint density at radius 1 is 1.32 bits per heavy atom. The van der Waals surface area contributed by atoms with Crippen LogP contribution in [0.25, 0.3) is 0 Å². The van der Waals surface area contributed by atoms with Gasteiger partial charge in [-0.15, -0.1) is 0 Å². The third kappa shape index (κ3) is 3.50. The Morgan fingerprint density at radius 2 is 1.95 bits per heavy atom. The first-order chi connectivity index (χ1) is 8.97. The molecule has 0 heterocycles. The summed E-state index contributed by atoms with van der Waals surface area (Å²) in [7, 11) is 0. The second-order valence-electron chi connectivity index (χ2n) is 5.63. The normalized spacial score (nSPS) is 23.1. The number of benzene rings is 1. The Bertz CT molecular complexity index is 479. The summed E-state index contributed by atoms with van der Waals surface area (Å²) in [5.74, 6) is 1.02. The maximum atomic E-state index is 12.2. The number of amides is 1. The maximum Gasteiger partial charge on any atom is 0.227 e. The fourth-order valence-electron chi connectivity index (χ4n) is 2.54. The second-order valence-corrected chi connectivity index (χ2v) is 6.49. The van der Waals surface area contributed by atoms with Gasteiger partial charge in [0.2, 0.25) is 5.91 Å². The number of nitrogens with one attached hydrogen (secondary N) is 1. The number of carbonyl (C=O) groups excluding carboxylic acids is 1. The molecule has 4 heteroatoms. The van der Waals surface area contributed by atoms with Crippen LogP contribution >= 0.6 is 15.9 Å². The van der Waals surface area contributed by atoms with Gasteiger partial charge >= 0.3 is 0 Å². The lowest BCUT2D eigenvalue weighted by Gasteiger charge is -2.25. The van der Waals surface area contributed by atoms with Gasteiger partial charge in [-0.1, -0.05) is 6.92 Å². The van der Waals surface area contributed by atoms with Crippen molar-refractivity contribution in [3.05, 3.63) is 22.2 Å². The van der Waals surface area contributed by atoms with E-state index in [4.69, 9.17) is 5.73 Å². The van der Waals surface area contributed by atoms with E-state index in [9.17, 15) is 4.79 Å². The SMILES string of the molecule is Cc1cc(Br)c(NC(=O)C2CCC(C)CC2)cc1N. The van der Waals surface area contributed by atoms with Crippen molar-refractivity contribution < 1.29 is 4.79 Å². The molecule has 3 nitrogen and oxygen atoms in total. The smallest absolute Gasteiger partial charge is 0.227 e. The Hall–Kier alpha value is -1.03. The van der Waals surface area contributed by atoms with E-state index in [1.807, 2.05) is 19.1 Å². The highest BCUT2D eigenvalue weighted by Crippen LogP contribution is 2.31. The van der Waals surface area contributed by atoms with Crippen LogP contribution < -0.4 is 11.1 Å². The summed E-state index contributed by atoms with van der Waals surface area (Å²) >= 11 is 3.47. The van der Waals surface area contributed by atoms with Crippen LogP contribution in [0.2, 0.25) is 0 Å². The molecule has 0 saturated heterocycles. The van der Waals surface area contributed by atoms with Crippen molar-refractivity contribution in [1.29, 1.82) is 0 Å². The highest BCUT2D eigenvalue weighted by Gasteiger charge is 2.24. The lowest BCUT2D eigenvalue weighted by Crippen LogP contribution is -2.26. The van der Waals surface area contributed by atoms with Crippen LogP contribution in [-0.4, -0.2) is 5.91 Å². The Morgan fingerprint density at radius 3 is 2.58 bits per heavy atom. The van der Waals surface area contributed by atoms with Gasteiger partial charge in [-0.05, 0) is 72.2 Å². The van der Waals surface area contributed by atoms with Gasteiger partial charge in [0.15, 0.2) is 0 Å². The number of anilines is 2. The molecule has 1 amide bonds. The van der Waals surface area contributed by atoms with Crippen molar-refractivity contribution in [3.8, 4) is 0 Å². The molecule has 19 heavy (non-hydrogen) atoms. The molecule has 1 aliphatic carbocycles. The first kappa shape index (κ1) is 14.4. The molecule has 0 bridgehead atoms. The fourth-order valence-corrected chi connectivity index (χ4v) is 3.10. The molecule has 1 saturated carbocycles. The van der Waals surface area contributed by atoms with Crippen molar-refractivity contribution in [3.63, 3.8) is 0 Å². The quantitative estimate of drug-likeness (QED) is 0.804. The van der Waals surface area contributed by atoms with Gasteiger partial charge in [0.05, 0.1) is 5.69 Å². The van der Waals surface area contributed by atoms with E-state index in [1.165, 1.54) is 0 Å². The van der Waals surface area contributed by atoms with Crippen molar-refractivity contribution in [2.75, 3.05) is 11.1 Å². The summed E-state index contributed by atoms with van der Waals surface area (Å²) < 4.78 is 0.886. The predicted octanol–water partition coefficient (Wildman–Crippen LogP) is 4.10. The summed E-state index contributed by atoms with van der Waals surface area (Å²) in [6.07, 6.45) is 4.28. The van der Waals surface area contributed by atoms with Gasteiger partial charge in [0, 0.05) is 16.1 Å². The van der Waals surface area contributed by atoms with E-state index < -0.39 is 0 Å². The molecule has 0 unspecified atom stereocenters. The Labute approximate surface area is 123 Å². The molecule has 1 aromatic rings. The maximum absolute atomic E-state index is 12.2. The highest BCUT2D eigenvalue weighted by atomic mass is 79.9. The summed E-state index contributed by atoms with van der Waals surface area (Å²) in [6.45, 7) is 4.21. The lowest BCUT2D eigenvalue weighted by atomic mass is 9.82. The third-order valence-electron chi connectivity index (χ3n) is 4.00. The van der Waals surface area contributed by atoms with Crippen molar-refractivity contribution >= 4 is 33.2 Å². The first-order valence-corrected chi connectivity index (χ1v) is 7.63. The van der Waals surface area contributed by atoms with E-state index in [0.29, 0.717) is 5.69 Å². The number of aryl methyl sites for hydroxylation is 1. The number of nitrogen functional groups attached to an aromatic ring is 1. The predicted molar refractivity (Wildman–Crippen MR) is 83.0 cm³/mol. The van der Waals surface area contributed by atoms with E-state index >= 15 is 0 Å². The molecule has 104 valence electrons. The van der Waals surface area contributed by atoms with Gasteiger partial charge in [-0.25, -0.2) is 0 Å². The zero-order chi connectivity index (χ0) is 14.0. The van der Waals surface area contributed by atoms with Gasteiger partial charge in [-0.3, -0.25) is 4.79 Å². The van der Waals surface area contributed by atoms with E-state index in [2.05, 4.69) is 28.2 Å². The highest BCUT2D eigenvalue weighted by molar-refractivity contribution is 9.10. The average Bonchev–Trinajstić information content (AvgIpc) is 2.36. The minimum absolute atomic E-state index is 0.121. The first-order valence-electron chi connectivity index (χ1n) is 6.84. The minimum Gasteiger partial charge on any atom is -0.398 e. The number of halogens is 1. The van der Waals surface area contributed by atoms with Crippen LogP contribution in [0, 0.1) is 18.8 Å². The molecule has 0 spiro atoms. The topological polar surface area (TPSA) is 55.1 Å². The molecule has 3 N–H and O–H groups in total. The second kappa shape index (κ2) is 5.95. The zero-order valence-corrected chi connectivity index (χ0v) is 13.1. The molecule has 0 aliphatic heterocycles. The van der Waals surface area contributed by atoms with Gasteiger partial charge < -0.3 is 11.1 Å². The summed E-state index contributed by atoms with van der Waals surface area (Å²) in [4.78, 5) is 12.2. The van der Waals surface area contributed by atoms with Crippen molar-refractivity contribution in [1.82, 2.24) is 0 Å². The molecule has 1 aliphatic rings. The van der Waals surface area contributed by atoms with Crippen LogP contribution in [-0.2, 0) is 4.79 Å². The molecule has 1 fully saturated rings. The number of hydrogen-bond acceptors (Lipinski definition) is 2. The van der Waals surface area contributed by atoms with Gasteiger partial charge in [-0.2, -0.15) is 0 Å². The Kier molecular flexibility index (Phi) is 4.50. The molecular weight excluding hydrogens is 304 g/mol. The Balaban J connectivity index is 2.05. The minimum atomic E-state index is 0.121. The number of carbonyl (C=O) groups is 1. The molecule has 0 radical (unpaired) electrons. The average molecular weight is 325 g/mol. The standard InChI is InChI=1S/C15H21BrN2O/c1-9-3-5-11(6-4-9)15(19)18-14-8-13(17)10(2)7-12(14)16/h7-9,11H,3-6,17H2,1-2H3,(H,18,19). The van der Waals surface area contributed by atoms with Crippen molar-refractivity contribution in [2.45, 2.75) is 39.5 Å². The number of rotatable bonds is 2. The van der Waals surface area contributed by atoms with Gasteiger partial charge in [0.25, 0.3) is 0 Å². The van der Waals surface area contributed by atoms with E-state index in [0.717, 1.165) is 47.3 Å². The van der Waals surface area contributed by atoms with Crippen molar-refractivity contribution in [2.24, 2.45) is 11.8 Å². The zero-order valence-electron chi connectivity index (χ0n) is 11.5. The molecule has 1 aromatic carbocycles. The largest absolute Gasteiger partial charge is 0.398 e.